The van der Waals surface area contributed by atoms with Gasteiger partial charge in [0, 0.05) is 30.9 Å². The van der Waals surface area contributed by atoms with Crippen LogP contribution in [0.1, 0.15) is 15.9 Å². The summed E-state index contributed by atoms with van der Waals surface area (Å²) in [6, 6.07) is 14.8. The molecule has 2 rings (SSSR count). The summed E-state index contributed by atoms with van der Waals surface area (Å²) < 4.78 is 5.54. The minimum absolute atomic E-state index is 0.263. The SMILES string of the molecule is C=CCOc1ccccc1/C=N\NC(=O)c1ccc(N(C)C)cc1. The Bertz CT molecular complexity index is 722. The van der Waals surface area contributed by atoms with Gasteiger partial charge in [-0.25, -0.2) is 5.43 Å². The zero-order chi connectivity index (χ0) is 17.4. The molecular weight excluding hydrogens is 302 g/mol. The molecule has 0 aliphatic carbocycles. The fourth-order valence-corrected chi connectivity index (χ4v) is 2.00. The number of benzene rings is 2. The minimum Gasteiger partial charge on any atom is -0.489 e. The Labute approximate surface area is 142 Å². The Morgan fingerprint density at radius 1 is 1.21 bits per heavy atom. The van der Waals surface area contributed by atoms with Crippen LogP contribution in [0.4, 0.5) is 5.69 Å². The van der Waals surface area contributed by atoms with Gasteiger partial charge in [0.25, 0.3) is 5.91 Å². The van der Waals surface area contributed by atoms with Gasteiger partial charge in [0.1, 0.15) is 12.4 Å². The first-order valence-corrected chi connectivity index (χ1v) is 7.55. The Balaban J connectivity index is 2.01. The second-order valence-electron chi connectivity index (χ2n) is 5.28. The molecule has 0 spiro atoms. The first-order chi connectivity index (χ1) is 11.6. The number of anilines is 1. The molecule has 1 amide bonds. The van der Waals surface area contributed by atoms with Crippen LogP contribution in [0, 0.1) is 0 Å². The zero-order valence-electron chi connectivity index (χ0n) is 13.9. The van der Waals surface area contributed by atoms with Gasteiger partial charge in [-0.3, -0.25) is 4.79 Å². The largest absolute Gasteiger partial charge is 0.489 e. The third kappa shape index (κ3) is 4.71. The van der Waals surface area contributed by atoms with Crippen molar-refractivity contribution >= 4 is 17.8 Å². The molecule has 0 radical (unpaired) electrons. The number of nitrogens with one attached hydrogen (secondary N) is 1. The Kier molecular flexibility index (Phi) is 6.14. The van der Waals surface area contributed by atoms with Gasteiger partial charge in [-0.05, 0) is 36.4 Å². The molecule has 0 fully saturated rings. The molecule has 0 unspecified atom stereocenters. The van der Waals surface area contributed by atoms with Crippen LogP contribution < -0.4 is 15.1 Å². The van der Waals surface area contributed by atoms with E-state index in [4.69, 9.17) is 4.74 Å². The van der Waals surface area contributed by atoms with Crippen LogP contribution in [-0.4, -0.2) is 32.8 Å². The molecule has 0 atom stereocenters. The Hall–Kier alpha value is -3.08. The van der Waals surface area contributed by atoms with E-state index in [9.17, 15) is 4.79 Å². The van der Waals surface area contributed by atoms with E-state index >= 15 is 0 Å². The fourth-order valence-electron chi connectivity index (χ4n) is 2.00. The van der Waals surface area contributed by atoms with Crippen molar-refractivity contribution in [1.82, 2.24) is 5.43 Å². The average Bonchev–Trinajstić information content (AvgIpc) is 2.60. The quantitative estimate of drug-likeness (QED) is 0.484. The van der Waals surface area contributed by atoms with Crippen molar-refractivity contribution in [2.45, 2.75) is 0 Å². The number of rotatable bonds is 7. The van der Waals surface area contributed by atoms with Gasteiger partial charge in [-0.1, -0.05) is 24.8 Å². The summed E-state index contributed by atoms with van der Waals surface area (Å²) in [7, 11) is 3.90. The van der Waals surface area contributed by atoms with Crippen molar-refractivity contribution in [3.05, 3.63) is 72.3 Å². The number of ether oxygens (including phenoxy) is 1. The molecule has 2 aromatic rings. The lowest BCUT2D eigenvalue weighted by Crippen LogP contribution is -2.18. The number of hydrazone groups is 1. The van der Waals surface area contributed by atoms with Crippen LogP contribution in [0.2, 0.25) is 0 Å². The molecule has 5 heteroatoms. The molecule has 0 aliphatic heterocycles. The maximum Gasteiger partial charge on any atom is 0.271 e. The smallest absolute Gasteiger partial charge is 0.271 e. The van der Waals surface area contributed by atoms with Gasteiger partial charge in [-0.2, -0.15) is 5.10 Å². The molecular formula is C19H21N3O2. The summed E-state index contributed by atoms with van der Waals surface area (Å²) in [5.41, 5.74) is 4.88. The topological polar surface area (TPSA) is 53.9 Å². The average molecular weight is 323 g/mol. The van der Waals surface area contributed by atoms with Gasteiger partial charge < -0.3 is 9.64 Å². The lowest BCUT2D eigenvalue weighted by atomic mass is 10.2. The van der Waals surface area contributed by atoms with E-state index in [2.05, 4.69) is 17.1 Å². The Morgan fingerprint density at radius 3 is 2.58 bits per heavy atom. The van der Waals surface area contributed by atoms with Crippen molar-refractivity contribution in [1.29, 1.82) is 0 Å². The van der Waals surface area contributed by atoms with Crippen LogP contribution in [0.15, 0.2) is 66.3 Å². The number of carbonyl (C=O) groups is 1. The van der Waals surface area contributed by atoms with E-state index in [-0.39, 0.29) is 5.91 Å². The highest BCUT2D eigenvalue weighted by Crippen LogP contribution is 2.16. The highest BCUT2D eigenvalue weighted by molar-refractivity contribution is 5.95. The van der Waals surface area contributed by atoms with Gasteiger partial charge in [-0.15, -0.1) is 0 Å². The molecule has 0 saturated carbocycles. The maximum absolute atomic E-state index is 12.1. The maximum atomic E-state index is 12.1. The minimum atomic E-state index is -0.263. The molecule has 24 heavy (non-hydrogen) atoms. The summed E-state index contributed by atoms with van der Waals surface area (Å²) in [5.74, 6) is 0.423. The van der Waals surface area contributed by atoms with Crippen LogP contribution in [0.3, 0.4) is 0 Å². The molecule has 124 valence electrons. The molecule has 0 aromatic heterocycles. The third-order valence-electron chi connectivity index (χ3n) is 3.29. The van der Waals surface area contributed by atoms with Crippen molar-refractivity contribution in [2.24, 2.45) is 5.10 Å². The van der Waals surface area contributed by atoms with Crippen molar-refractivity contribution < 1.29 is 9.53 Å². The van der Waals surface area contributed by atoms with Crippen molar-refractivity contribution in [3.8, 4) is 5.75 Å². The Morgan fingerprint density at radius 2 is 1.92 bits per heavy atom. The number of para-hydroxylation sites is 1. The number of amides is 1. The van der Waals surface area contributed by atoms with E-state index in [1.165, 1.54) is 0 Å². The van der Waals surface area contributed by atoms with E-state index in [0.29, 0.717) is 17.9 Å². The second-order valence-corrected chi connectivity index (χ2v) is 5.28. The van der Waals surface area contributed by atoms with Crippen LogP contribution in [-0.2, 0) is 0 Å². The number of hydrogen-bond acceptors (Lipinski definition) is 4. The summed E-state index contributed by atoms with van der Waals surface area (Å²) in [4.78, 5) is 14.1. The first kappa shape index (κ1) is 17.3. The third-order valence-corrected chi connectivity index (χ3v) is 3.29. The number of nitrogens with zero attached hydrogens (tertiary/aromatic N) is 2. The summed E-state index contributed by atoms with van der Waals surface area (Å²) >= 11 is 0. The molecule has 2 aromatic carbocycles. The zero-order valence-corrected chi connectivity index (χ0v) is 13.9. The van der Waals surface area contributed by atoms with Crippen LogP contribution >= 0.6 is 0 Å². The molecule has 0 saturated heterocycles. The molecule has 1 N–H and O–H groups in total. The summed E-state index contributed by atoms with van der Waals surface area (Å²) in [5, 5.41) is 4.00. The highest BCUT2D eigenvalue weighted by atomic mass is 16.5. The fraction of sp³-hybridized carbons (Fsp3) is 0.158. The normalized spacial score (nSPS) is 10.4. The van der Waals surface area contributed by atoms with Gasteiger partial charge >= 0.3 is 0 Å². The molecule has 0 aliphatic rings. The van der Waals surface area contributed by atoms with Gasteiger partial charge in [0.05, 0.1) is 6.21 Å². The summed E-state index contributed by atoms with van der Waals surface area (Å²) in [6.45, 7) is 4.03. The summed E-state index contributed by atoms with van der Waals surface area (Å²) in [6.07, 6.45) is 3.23. The van der Waals surface area contributed by atoms with Gasteiger partial charge in [0.15, 0.2) is 0 Å². The molecule has 5 nitrogen and oxygen atoms in total. The van der Waals surface area contributed by atoms with Gasteiger partial charge in [0.2, 0.25) is 0 Å². The monoisotopic (exact) mass is 323 g/mol. The standard InChI is InChI=1S/C19H21N3O2/c1-4-13-24-18-8-6-5-7-16(18)14-20-21-19(23)15-9-11-17(12-10-15)22(2)3/h4-12,14H,1,13H2,2-3H3,(H,21,23)/b20-14-. The van der Waals surface area contributed by atoms with E-state index < -0.39 is 0 Å². The van der Waals surface area contributed by atoms with Crippen LogP contribution in [0.5, 0.6) is 5.75 Å². The first-order valence-electron chi connectivity index (χ1n) is 7.55. The van der Waals surface area contributed by atoms with Crippen LogP contribution in [0.25, 0.3) is 0 Å². The van der Waals surface area contributed by atoms with E-state index in [1.807, 2.05) is 55.4 Å². The number of hydrogen-bond donors (Lipinski definition) is 1. The molecule has 0 heterocycles. The van der Waals surface area contributed by atoms with Crippen molar-refractivity contribution in [3.63, 3.8) is 0 Å². The van der Waals surface area contributed by atoms with E-state index in [1.54, 1.807) is 24.4 Å². The lowest BCUT2D eigenvalue weighted by molar-refractivity contribution is 0.0955. The predicted octanol–water partition coefficient (Wildman–Crippen LogP) is 3.08. The van der Waals surface area contributed by atoms with E-state index in [0.717, 1.165) is 11.3 Å². The lowest BCUT2D eigenvalue weighted by Gasteiger charge is -2.12. The number of carbonyl (C=O) groups excluding carboxylic acids is 1. The highest BCUT2D eigenvalue weighted by Gasteiger charge is 2.05. The van der Waals surface area contributed by atoms with Crippen molar-refractivity contribution in [2.75, 3.05) is 25.6 Å². The predicted molar refractivity (Wildman–Crippen MR) is 98.0 cm³/mol. The molecule has 0 bridgehead atoms. The second kappa shape index (κ2) is 8.53.